The van der Waals surface area contributed by atoms with Crippen LogP contribution in [0, 0.1) is 0 Å². The van der Waals surface area contributed by atoms with Gasteiger partial charge < -0.3 is 24.4 Å². The Kier molecular flexibility index (Phi) is 6.55. The molecule has 1 N–H and O–H groups in total. The second kappa shape index (κ2) is 9.10. The second-order valence-electron chi connectivity index (χ2n) is 9.89. The standard InChI is InChI=1S/C24H33N3O5S/c1-6-31-21(29)15-9-18(14(2)13-28)20-19(10-15)33-22(25-20)27-16-7-8-17(27)12-26(11-16)23(30)32-24(3,4)5/h9-10,14,16-17,28H,6-8,11-13H2,1-5H3. The summed E-state index contributed by atoms with van der Waals surface area (Å²) in [6.45, 7) is 10.8. The number of carbonyl (C=O) groups is 2. The fourth-order valence-electron chi connectivity index (χ4n) is 4.65. The van der Waals surface area contributed by atoms with Crippen LogP contribution in [-0.4, -0.2) is 71.0 Å². The molecule has 3 atom stereocenters. The molecule has 4 rings (SSSR count). The molecule has 9 heteroatoms. The average Bonchev–Trinajstić information content (AvgIpc) is 3.28. The van der Waals surface area contributed by atoms with E-state index in [2.05, 4.69) is 4.90 Å². The van der Waals surface area contributed by atoms with Crippen molar-refractivity contribution >= 4 is 38.7 Å². The lowest BCUT2D eigenvalue weighted by Crippen LogP contribution is -2.56. The Morgan fingerprint density at radius 3 is 2.48 bits per heavy atom. The number of aliphatic hydroxyl groups excluding tert-OH is 1. The molecular formula is C24H33N3O5S. The van der Waals surface area contributed by atoms with Gasteiger partial charge in [-0.1, -0.05) is 18.3 Å². The third kappa shape index (κ3) is 4.80. The van der Waals surface area contributed by atoms with Gasteiger partial charge >= 0.3 is 12.1 Å². The molecule has 2 saturated heterocycles. The summed E-state index contributed by atoms with van der Waals surface area (Å²) in [5.41, 5.74) is 1.63. The summed E-state index contributed by atoms with van der Waals surface area (Å²) in [5, 5.41) is 10.7. The van der Waals surface area contributed by atoms with E-state index in [4.69, 9.17) is 14.5 Å². The Bertz CT molecular complexity index is 1030. The molecule has 2 fully saturated rings. The Morgan fingerprint density at radius 1 is 1.24 bits per heavy atom. The summed E-state index contributed by atoms with van der Waals surface area (Å²) < 4.78 is 11.7. The lowest BCUT2D eigenvalue weighted by atomic mass is 9.98. The summed E-state index contributed by atoms with van der Waals surface area (Å²) >= 11 is 1.55. The molecule has 1 amide bonds. The van der Waals surface area contributed by atoms with Gasteiger partial charge in [-0.15, -0.1) is 0 Å². The number of aliphatic hydroxyl groups is 1. The van der Waals surface area contributed by atoms with Crippen LogP contribution < -0.4 is 4.90 Å². The number of nitrogens with zero attached hydrogens (tertiary/aromatic N) is 3. The molecule has 0 radical (unpaired) electrons. The molecule has 33 heavy (non-hydrogen) atoms. The van der Waals surface area contributed by atoms with E-state index in [1.54, 1.807) is 24.3 Å². The van der Waals surface area contributed by atoms with Crippen molar-refractivity contribution in [1.82, 2.24) is 9.88 Å². The van der Waals surface area contributed by atoms with E-state index >= 15 is 0 Å². The molecule has 0 spiro atoms. The minimum atomic E-state index is -0.517. The highest BCUT2D eigenvalue weighted by molar-refractivity contribution is 7.22. The molecule has 2 aliphatic rings. The summed E-state index contributed by atoms with van der Waals surface area (Å²) in [5.74, 6) is -0.524. The zero-order valence-electron chi connectivity index (χ0n) is 20.0. The van der Waals surface area contributed by atoms with Gasteiger partial charge in [-0.25, -0.2) is 14.6 Å². The largest absolute Gasteiger partial charge is 0.462 e. The first-order valence-corrected chi connectivity index (χ1v) is 12.4. The van der Waals surface area contributed by atoms with Crippen LogP contribution in [0.1, 0.15) is 69.3 Å². The van der Waals surface area contributed by atoms with Gasteiger partial charge in [0, 0.05) is 37.7 Å². The molecule has 1 aromatic heterocycles. The maximum absolute atomic E-state index is 12.6. The minimum Gasteiger partial charge on any atom is -0.462 e. The van der Waals surface area contributed by atoms with Gasteiger partial charge in [-0.05, 0) is 58.2 Å². The lowest BCUT2D eigenvalue weighted by Gasteiger charge is -2.41. The maximum Gasteiger partial charge on any atom is 0.410 e. The van der Waals surface area contributed by atoms with Crippen molar-refractivity contribution in [2.75, 3.05) is 31.2 Å². The van der Waals surface area contributed by atoms with E-state index in [0.29, 0.717) is 25.3 Å². The van der Waals surface area contributed by atoms with Gasteiger partial charge in [-0.3, -0.25) is 0 Å². The highest BCUT2D eigenvalue weighted by atomic mass is 32.1. The predicted octanol–water partition coefficient (Wildman–Crippen LogP) is 4.16. The van der Waals surface area contributed by atoms with Gasteiger partial charge in [-0.2, -0.15) is 0 Å². The van der Waals surface area contributed by atoms with Crippen LogP contribution in [-0.2, 0) is 9.47 Å². The Balaban J connectivity index is 1.64. The normalized spacial score (nSPS) is 21.4. The average molecular weight is 476 g/mol. The van der Waals surface area contributed by atoms with Gasteiger partial charge in [0.25, 0.3) is 0 Å². The Labute approximate surface area is 198 Å². The third-order valence-corrected chi connectivity index (χ3v) is 7.20. The molecule has 3 unspecified atom stereocenters. The molecular weight excluding hydrogens is 442 g/mol. The number of esters is 1. The van der Waals surface area contributed by atoms with Crippen molar-refractivity contribution in [3.05, 3.63) is 23.3 Å². The molecule has 3 heterocycles. The number of ether oxygens (including phenoxy) is 2. The van der Waals surface area contributed by atoms with Gasteiger partial charge in [0.2, 0.25) is 0 Å². The molecule has 8 nitrogen and oxygen atoms in total. The van der Waals surface area contributed by atoms with Crippen molar-refractivity contribution in [2.45, 2.75) is 71.1 Å². The van der Waals surface area contributed by atoms with E-state index in [1.807, 2.05) is 38.7 Å². The minimum absolute atomic E-state index is 0.0337. The van der Waals surface area contributed by atoms with Crippen LogP contribution in [0.25, 0.3) is 10.2 Å². The number of carbonyl (C=O) groups excluding carboxylic acids is 2. The van der Waals surface area contributed by atoms with Crippen molar-refractivity contribution in [1.29, 1.82) is 0 Å². The fraction of sp³-hybridized carbons (Fsp3) is 0.625. The maximum atomic E-state index is 12.6. The van der Waals surface area contributed by atoms with E-state index < -0.39 is 5.60 Å². The number of thiazole rings is 1. The SMILES string of the molecule is CCOC(=O)c1cc(C(C)CO)c2nc(N3C4CCC3CN(C(=O)OC(C)(C)C)C4)sc2c1. The van der Waals surface area contributed by atoms with Crippen LogP contribution >= 0.6 is 11.3 Å². The zero-order chi connectivity index (χ0) is 23.9. The second-order valence-corrected chi connectivity index (χ2v) is 10.9. The zero-order valence-corrected chi connectivity index (χ0v) is 20.8. The summed E-state index contributed by atoms with van der Waals surface area (Å²) in [4.78, 5) is 34.2. The first-order valence-electron chi connectivity index (χ1n) is 11.6. The fourth-order valence-corrected chi connectivity index (χ4v) is 5.83. The van der Waals surface area contributed by atoms with E-state index in [9.17, 15) is 14.7 Å². The van der Waals surface area contributed by atoms with Crippen LogP contribution in [0.5, 0.6) is 0 Å². The van der Waals surface area contributed by atoms with Crippen LogP contribution in [0.15, 0.2) is 12.1 Å². The third-order valence-electron chi connectivity index (χ3n) is 6.18. The van der Waals surface area contributed by atoms with Gasteiger partial charge in [0.1, 0.15) is 5.60 Å². The first-order chi connectivity index (χ1) is 15.6. The number of anilines is 1. The molecule has 1 aromatic carbocycles. The van der Waals surface area contributed by atoms with Crippen LogP contribution in [0.3, 0.4) is 0 Å². The molecule has 0 aliphatic carbocycles. The highest BCUT2D eigenvalue weighted by Crippen LogP contribution is 2.41. The number of fused-ring (bicyclic) bond motifs is 3. The monoisotopic (exact) mass is 475 g/mol. The van der Waals surface area contributed by atoms with Gasteiger partial charge in [0.05, 0.1) is 22.4 Å². The highest BCUT2D eigenvalue weighted by Gasteiger charge is 2.43. The molecule has 2 aromatic rings. The number of hydrogen-bond acceptors (Lipinski definition) is 8. The van der Waals surface area contributed by atoms with Crippen molar-refractivity contribution in [3.8, 4) is 0 Å². The number of rotatable bonds is 5. The predicted molar refractivity (Wildman–Crippen MR) is 128 cm³/mol. The number of piperazine rings is 1. The van der Waals surface area contributed by atoms with Crippen LogP contribution in [0.2, 0.25) is 0 Å². The first kappa shape index (κ1) is 23.8. The lowest BCUT2D eigenvalue weighted by molar-refractivity contribution is 0.0209. The molecule has 2 bridgehead atoms. The summed E-state index contributed by atoms with van der Waals surface area (Å²) in [6, 6.07) is 3.99. The Morgan fingerprint density at radius 2 is 1.91 bits per heavy atom. The number of aromatic nitrogens is 1. The van der Waals surface area contributed by atoms with E-state index in [0.717, 1.165) is 33.8 Å². The van der Waals surface area contributed by atoms with Crippen molar-refractivity contribution in [2.24, 2.45) is 0 Å². The molecule has 2 aliphatic heterocycles. The van der Waals surface area contributed by atoms with E-state index in [1.165, 1.54) is 0 Å². The van der Waals surface area contributed by atoms with E-state index in [-0.39, 0.29) is 36.7 Å². The Hall–Kier alpha value is -2.39. The molecule has 0 saturated carbocycles. The number of hydrogen-bond donors (Lipinski definition) is 1. The number of benzene rings is 1. The van der Waals surface area contributed by atoms with Gasteiger partial charge in [0.15, 0.2) is 5.13 Å². The number of amides is 1. The number of likely N-dealkylation sites (tertiary alicyclic amines) is 1. The summed E-state index contributed by atoms with van der Waals surface area (Å²) in [7, 11) is 0. The van der Waals surface area contributed by atoms with Crippen molar-refractivity contribution in [3.63, 3.8) is 0 Å². The quantitative estimate of drug-likeness (QED) is 0.649. The molecule has 180 valence electrons. The summed E-state index contributed by atoms with van der Waals surface area (Å²) in [6.07, 6.45) is 1.73. The van der Waals surface area contributed by atoms with Crippen molar-refractivity contribution < 1.29 is 24.2 Å². The smallest absolute Gasteiger partial charge is 0.410 e. The topological polar surface area (TPSA) is 92.2 Å². The van der Waals surface area contributed by atoms with Crippen LogP contribution in [0.4, 0.5) is 9.93 Å².